The van der Waals surface area contributed by atoms with Gasteiger partial charge in [-0.3, -0.25) is 4.79 Å². The maximum absolute atomic E-state index is 13.0. The van der Waals surface area contributed by atoms with Gasteiger partial charge >= 0.3 is 0 Å². The number of anilines is 1. The fourth-order valence-electron chi connectivity index (χ4n) is 4.66. The van der Waals surface area contributed by atoms with E-state index in [0.717, 1.165) is 46.5 Å². The molecule has 2 heterocycles. The Labute approximate surface area is 203 Å². The van der Waals surface area contributed by atoms with Crippen LogP contribution in [-0.4, -0.2) is 64.3 Å². The second-order valence-electron chi connectivity index (χ2n) is 8.99. The maximum Gasteiger partial charge on any atom is 0.253 e. The summed E-state index contributed by atoms with van der Waals surface area (Å²) in [6.45, 7) is 6.83. The normalized spacial score (nSPS) is 13.9. The van der Waals surface area contributed by atoms with Crippen LogP contribution in [-0.2, 0) is 0 Å². The lowest BCUT2D eigenvalue weighted by molar-refractivity contribution is 0.0746. The average molecular weight is 473 g/mol. The number of benzene rings is 3. The summed E-state index contributed by atoms with van der Waals surface area (Å²) in [7, 11) is 1.43. The van der Waals surface area contributed by atoms with Crippen molar-refractivity contribution in [2.75, 3.05) is 38.2 Å². The summed E-state index contributed by atoms with van der Waals surface area (Å²) in [5.74, 6) is 0.250. The van der Waals surface area contributed by atoms with Crippen molar-refractivity contribution in [2.45, 2.75) is 13.8 Å². The maximum atomic E-state index is 13.0. The number of aromatic amines is 1. The summed E-state index contributed by atoms with van der Waals surface area (Å²) in [4.78, 5) is 25.1. The molecule has 1 amide bonds. The molecule has 1 aromatic heterocycles. The third kappa shape index (κ3) is 4.35. The molecule has 0 bridgehead atoms. The highest BCUT2D eigenvalue weighted by atomic mass is 16.5. The van der Waals surface area contributed by atoms with Gasteiger partial charge in [0, 0.05) is 43.0 Å². The van der Waals surface area contributed by atoms with Gasteiger partial charge in [-0.25, -0.2) is 4.98 Å². The Kier molecular flexibility index (Phi) is 5.72. The number of hydrogen-bond acceptors (Lipinski definition) is 6. The van der Waals surface area contributed by atoms with Gasteiger partial charge in [-0.1, -0.05) is 17.2 Å². The SMILES string of the molecule is COc1cc(-c2nc3ccc(N4CCN(C(=O)c5cc(C)cc(C)c5)CC4)cc3[nH]2)cc(O)c1O. The number of nitrogens with zero attached hydrogens (tertiary/aromatic N) is 3. The van der Waals surface area contributed by atoms with Gasteiger partial charge in [-0.15, -0.1) is 0 Å². The van der Waals surface area contributed by atoms with E-state index in [4.69, 9.17) is 4.74 Å². The third-order valence-corrected chi connectivity index (χ3v) is 6.41. The Morgan fingerprint density at radius 3 is 2.37 bits per heavy atom. The lowest BCUT2D eigenvalue weighted by Crippen LogP contribution is -2.48. The molecule has 3 aromatic carbocycles. The van der Waals surface area contributed by atoms with Gasteiger partial charge in [0.1, 0.15) is 5.82 Å². The number of hydrogen-bond donors (Lipinski definition) is 3. The second kappa shape index (κ2) is 8.87. The van der Waals surface area contributed by atoms with Crippen LogP contribution in [0, 0.1) is 13.8 Å². The molecule has 1 aliphatic heterocycles. The molecular formula is C27H28N4O4. The first-order valence-electron chi connectivity index (χ1n) is 11.5. The van der Waals surface area contributed by atoms with Gasteiger partial charge in [0.15, 0.2) is 11.5 Å². The molecule has 1 aliphatic rings. The van der Waals surface area contributed by atoms with Crippen LogP contribution >= 0.6 is 0 Å². The average Bonchev–Trinajstić information content (AvgIpc) is 3.28. The van der Waals surface area contributed by atoms with E-state index in [1.807, 2.05) is 49.1 Å². The smallest absolute Gasteiger partial charge is 0.253 e. The highest BCUT2D eigenvalue weighted by Crippen LogP contribution is 2.39. The number of imidazole rings is 1. The molecule has 0 spiro atoms. The molecule has 1 saturated heterocycles. The topological polar surface area (TPSA) is 102 Å². The van der Waals surface area contributed by atoms with Crippen LogP contribution in [0.4, 0.5) is 5.69 Å². The summed E-state index contributed by atoms with van der Waals surface area (Å²) in [5, 5.41) is 19.9. The quantitative estimate of drug-likeness (QED) is 0.384. The highest BCUT2D eigenvalue weighted by Gasteiger charge is 2.23. The second-order valence-corrected chi connectivity index (χ2v) is 8.99. The van der Waals surface area contributed by atoms with Crippen molar-refractivity contribution in [3.8, 4) is 28.6 Å². The minimum atomic E-state index is -0.301. The van der Waals surface area contributed by atoms with E-state index in [9.17, 15) is 15.0 Å². The van der Waals surface area contributed by atoms with Gasteiger partial charge < -0.3 is 29.7 Å². The van der Waals surface area contributed by atoms with Crippen LogP contribution < -0.4 is 9.64 Å². The molecule has 0 unspecified atom stereocenters. The number of methoxy groups -OCH3 is 1. The van der Waals surface area contributed by atoms with E-state index in [1.165, 1.54) is 13.2 Å². The van der Waals surface area contributed by atoms with E-state index in [2.05, 4.69) is 20.9 Å². The predicted octanol–water partition coefficient (Wildman–Crippen LogP) is 4.23. The summed E-state index contributed by atoms with van der Waals surface area (Å²) in [6, 6.07) is 15.1. The Hall–Kier alpha value is -4.20. The first-order chi connectivity index (χ1) is 16.8. The number of fused-ring (bicyclic) bond motifs is 1. The van der Waals surface area contributed by atoms with Gasteiger partial charge in [-0.05, 0) is 56.3 Å². The van der Waals surface area contributed by atoms with Crippen molar-refractivity contribution >= 4 is 22.6 Å². The largest absolute Gasteiger partial charge is 0.504 e. The number of aryl methyl sites for hydroxylation is 2. The van der Waals surface area contributed by atoms with E-state index in [1.54, 1.807) is 6.07 Å². The van der Waals surface area contributed by atoms with Gasteiger partial charge in [0.25, 0.3) is 5.91 Å². The summed E-state index contributed by atoms with van der Waals surface area (Å²) >= 11 is 0. The van der Waals surface area contributed by atoms with Crippen molar-refractivity contribution in [3.63, 3.8) is 0 Å². The number of rotatable bonds is 4. The molecule has 180 valence electrons. The first-order valence-corrected chi connectivity index (χ1v) is 11.5. The van der Waals surface area contributed by atoms with Crippen molar-refractivity contribution in [2.24, 2.45) is 0 Å². The van der Waals surface area contributed by atoms with Crippen molar-refractivity contribution in [3.05, 3.63) is 65.2 Å². The molecule has 0 saturated carbocycles. The summed E-state index contributed by atoms with van der Waals surface area (Å²) < 4.78 is 5.14. The van der Waals surface area contributed by atoms with Crippen molar-refractivity contribution < 1.29 is 19.7 Å². The van der Waals surface area contributed by atoms with Crippen molar-refractivity contribution in [1.82, 2.24) is 14.9 Å². The number of aromatic nitrogens is 2. The van der Waals surface area contributed by atoms with E-state index < -0.39 is 0 Å². The zero-order valence-corrected chi connectivity index (χ0v) is 20.0. The van der Waals surface area contributed by atoms with Crippen LogP contribution in [0.1, 0.15) is 21.5 Å². The fraction of sp³-hybridized carbons (Fsp3) is 0.259. The predicted molar refractivity (Wildman–Crippen MR) is 135 cm³/mol. The highest BCUT2D eigenvalue weighted by molar-refractivity contribution is 5.95. The number of nitrogens with one attached hydrogen (secondary N) is 1. The number of H-pyrrole nitrogens is 1. The number of carbonyl (C=O) groups excluding carboxylic acids is 1. The minimum Gasteiger partial charge on any atom is -0.504 e. The number of carbonyl (C=O) groups is 1. The lowest BCUT2D eigenvalue weighted by atomic mass is 10.1. The van der Waals surface area contributed by atoms with Crippen molar-refractivity contribution in [1.29, 1.82) is 0 Å². The number of phenolic OH excluding ortho intramolecular Hbond substituents is 2. The standard InChI is InChI=1S/C27H28N4O4/c1-16-10-17(2)12-19(11-16)27(34)31-8-6-30(7-9-31)20-4-5-21-22(15-20)29-26(28-21)18-13-23(32)25(33)24(14-18)35-3/h4-5,10-15,32-33H,6-9H2,1-3H3,(H,28,29). The van der Waals surface area contributed by atoms with Crippen LogP contribution in [0.15, 0.2) is 48.5 Å². The van der Waals surface area contributed by atoms with E-state index >= 15 is 0 Å². The monoisotopic (exact) mass is 472 g/mol. The van der Waals surface area contributed by atoms with E-state index in [0.29, 0.717) is 24.5 Å². The van der Waals surface area contributed by atoms with Crippen LogP contribution in [0.25, 0.3) is 22.4 Å². The molecule has 0 aliphatic carbocycles. The molecule has 1 fully saturated rings. The number of piperazine rings is 1. The summed E-state index contributed by atoms with van der Waals surface area (Å²) in [6.07, 6.45) is 0. The molecule has 35 heavy (non-hydrogen) atoms. The molecule has 5 rings (SSSR count). The number of amides is 1. The van der Waals surface area contributed by atoms with Gasteiger partial charge in [0.05, 0.1) is 18.1 Å². The zero-order chi connectivity index (χ0) is 24.7. The number of ether oxygens (including phenoxy) is 1. The first kappa shape index (κ1) is 22.6. The zero-order valence-electron chi connectivity index (χ0n) is 20.0. The Morgan fingerprint density at radius 2 is 1.69 bits per heavy atom. The molecule has 8 heteroatoms. The lowest BCUT2D eigenvalue weighted by Gasteiger charge is -2.36. The molecule has 0 atom stereocenters. The number of aromatic hydroxyl groups is 2. The molecule has 3 N–H and O–H groups in total. The fourth-order valence-corrected chi connectivity index (χ4v) is 4.66. The third-order valence-electron chi connectivity index (χ3n) is 6.41. The molecule has 4 aromatic rings. The van der Waals surface area contributed by atoms with Gasteiger partial charge in [-0.2, -0.15) is 0 Å². The van der Waals surface area contributed by atoms with E-state index in [-0.39, 0.29) is 23.2 Å². The Bertz CT molecular complexity index is 1400. The van der Waals surface area contributed by atoms with Crippen LogP contribution in [0.5, 0.6) is 17.2 Å². The molecule has 0 radical (unpaired) electrons. The molecule has 8 nitrogen and oxygen atoms in total. The Balaban J connectivity index is 1.33. The number of phenols is 2. The molecular weight excluding hydrogens is 444 g/mol. The van der Waals surface area contributed by atoms with Gasteiger partial charge in [0.2, 0.25) is 5.75 Å². The van der Waals surface area contributed by atoms with Crippen LogP contribution in [0.2, 0.25) is 0 Å². The Morgan fingerprint density at radius 1 is 0.971 bits per heavy atom. The minimum absolute atomic E-state index is 0.0812. The van der Waals surface area contributed by atoms with Crippen LogP contribution in [0.3, 0.4) is 0 Å². The summed E-state index contributed by atoms with van der Waals surface area (Å²) in [5.41, 5.74) is 6.25.